The van der Waals surface area contributed by atoms with Crippen LogP contribution in [0, 0.1) is 0 Å². The molecule has 0 unspecified atom stereocenters. The smallest absolute Gasteiger partial charge is 0.145 e. The lowest BCUT2D eigenvalue weighted by atomic mass is 10.3. The van der Waals surface area contributed by atoms with Gasteiger partial charge in [-0.05, 0) is 62.6 Å². The van der Waals surface area contributed by atoms with Crippen LogP contribution in [0.2, 0.25) is 0 Å². The minimum absolute atomic E-state index is 0.288. The third-order valence-electron chi connectivity index (χ3n) is 4.73. The van der Waals surface area contributed by atoms with Crippen molar-refractivity contribution in [2.45, 2.75) is 27.7 Å². The number of nitrogens with zero attached hydrogens (tertiary/aromatic N) is 2. The molecule has 0 heterocycles. The van der Waals surface area contributed by atoms with E-state index in [1.165, 1.54) is 22.0 Å². The molecule has 0 N–H and O–H groups in total. The van der Waals surface area contributed by atoms with Crippen LogP contribution in [0.25, 0.3) is 0 Å². The van der Waals surface area contributed by atoms with Crippen molar-refractivity contribution in [1.29, 1.82) is 0 Å². The van der Waals surface area contributed by atoms with E-state index in [4.69, 9.17) is 0 Å². The van der Waals surface area contributed by atoms with Crippen molar-refractivity contribution in [3.8, 4) is 0 Å². The number of anilines is 2. The van der Waals surface area contributed by atoms with Gasteiger partial charge in [0.2, 0.25) is 0 Å². The molecule has 0 atom stereocenters. The van der Waals surface area contributed by atoms with Gasteiger partial charge >= 0.3 is 0 Å². The van der Waals surface area contributed by atoms with Gasteiger partial charge in [0.1, 0.15) is 7.57 Å². The van der Waals surface area contributed by atoms with Crippen LogP contribution in [0.4, 0.5) is 11.4 Å². The van der Waals surface area contributed by atoms with Crippen LogP contribution in [-0.2, 0) is 0 Å². The van der Waals surface area contributed by atoms with Gasteiger partial charge in [0.25, 0.3) is 0 Å². The summed E-state index contributed by atoms with van der Waals surface area (Å²) in [6, 6.07) is 18.3. The lowest BCUT2D eigenvalue weighted by Gasteiger charge is -2.23. The predicted molar refractivity (Wildman–Crippen MR) is 115 cm³/mol. The third-order valence-corrected chi connectivity index (χ3v) is 6.88. The fourth-order valence-corrected chi connectivity index (χ4v) is 4.59. The van der Waals surface area contributed by atoms with Crippen molar-refractivity contribution >= 4 is 37.3 Å². The number of hydrogen-bond donors (Lipinski definition) is 0. The van der Waals surface area contributed by atoms with Gasteiger partial charge in [-0.25, -0.2) is 0 Å². The summed E-state index contributed by atoms with van der Waals surface area (Å²) < 4.78 is 0. The Kier molecular flexibility index (Phi) is 7.18. The molecule has 4 heteroatoms. The van der Waals surface area contributed by atoms with E-state index in [0.717, 1.165) is 26.2 Å². The molecule has 2 aromatic carbocycles. The van der Waals surface area contributed by atoms with Gasteiger partial charge in [0, 0.05) is 37.6 Å². The molecule has 0 spiro atoms. The van der Waals surface area contributed by atoms with Gasteiger partial charge < -0.3 is 9.80 Å². The maximum atomic E-state index is 2.39. The molecular weight excluding hydrogens is 310 g/mol. The second-order valence-electron chi connectivity index (χ2n) is 5.94. The van der Waals surface area contributed by atoms with Crippen LogP contribution >= 0.6 is 7.80 Å². The summed E-state index contributed by atoms with van der Waals surface area (Å²) in [5.41, 5.74) is 2.65. The highest BCUT2D eigenvalue weighted by molar-refractivity contribution is 7.94. The molecule has 0 aliphatic carbocycles. The van der Waals surface area contributed by atoms with E-state index in [1.54, 1.807) is 0 Å². The van der Waals surface area contributed by atoms with Crippen LogP contribution in [0.1, 0.15) is 27.7 Å². The second-order valence-corrected chi connectivity index (χ2v) is 8.09. The summed E-state index contributed by atoms with van der Waals surface area (Å²) in [7, 11) is 2.07. The highest BCUT2D eigenvalue weighted by Gasteiger charge is 2.10. The Morgan fingerprint density at radius 1 is 0.625 bits per heavy atom. The topological polar surface area (TPSA) is 6.48 Å². The largest absolute Gasteiger partial charge is 0.372 e. The van der Waals surface area contributed by atoms with Crippen LogP contribution in [0.3, 0.4) is 0 Å². The molecule has 0 aliphatic rings. The summed E-state index contributed by atoms with van der Waals surface area (Å²) in [5.74, 6) is 0. The molecule has 0 amide bonds. The first-order chi connectivity index (χ1) is 11.6. The van der Waals surface area contributed by atoms with Gasteiger partial charge in [-0.15, -0.1) is 0 Å². The summed E-state index contributed by atoms with van der Waals surface area (Å²) >= 11 is 0. The van der Waals surface area contributed by atoms with Gasteiger partial charge in [0.05, 0.1) is 0 Å². The van der Waals surface area contributed by atoms with Gasteiger partial charge in [-0.1, -0.05) is 32.1 Å². The van der Waals surface area contributed by atoms with E-state index >= 15 is 0 Å². The maximum absolute atomic E-state index is 2.39. The summed E-state index contributed by atoms with van der Waals surface area (Å²) in [5, 5.41) is 2.88. The molecule has 2 rings (SSSR count). The first-order valence-corrected chi connectivity index (χ1v) is 10.9. The molecule has 0 aliphatic heterocycles. The highest BCUT2D eigenvalue weighted by Crippen LogP contribution is 2.29. The molecule has 0 radical (unpaired) electrons. The number of benzene rings is 2. The fourth-order valence-electron chi connectivity index (χ4n) is 3.10. The first kappa shape index (κ1) is 18.9. The minimum atomic E-state index is -0.288. The van der Waals surface area contributed by atoms with E-state index in [9.17, 15) is 0 Å². The molecule has 2 nitrogen and oxygen atoms in total. The molecule has 0 aromatic heterocycles. The normalized spacial score (nSPS) is 10.9. The summed E-state index contributed by atoms with van der Waals surface area (Å²) in [4.78, 5) is 4.78. The fraction of sp³-hybridized carbons (Fsp3) is 0.400. The Labute approximate surface area is 150 Å². The third kappa shape index (κ3) is 4.33. The molecular formula is C20H30BN2P. The minimum Gasteiger partial charge on any atom is -0.372 e. The molecule has 0 saturated heterocycles. The zero-order chi connectivity index (χ0) is 17.5. The molecule has 0 bridgehead atoms. The average Bonchev–Trinajstić information content (AvgIpc) is 2.64. The molecule has 128 valence electrons. The van der Waals surface area contributed by atoms with Crippen molar-refractivity contribution in [2.75, 3.05) is 36.0 Å². The SMILES string of the molecule is BP(c1ccc(N(CC)CC)cc1)c1ccc(N(CC)CC)cc1. The van der Waals surface area contributed by atoms with Crippen LogP contribution in [0.15, 0.2) is 48.5 Å². The van der Waals surface area contributed by atoms with Gasteiger partial charge in [0.15, 0.2) is 0 Å². The lowest BCUT2D eigenvalue weighted by molar-refractivity contribution is 0.866. The Hall–Kier alpha value is -1.47. The lowest BCUT2D eigenvalue weighted by Crippen LogP contribution is -2.23. The van der Waals surface area contributed by atoms with E-state index in [0.29, 0.717) is 0 Å². The Bertz CT molecular complexity index is 549. The van der Waals surface area contributed by atoms with Crippen molar-refractivity contribution in [2.24, 2.45) is 0 Å². The standard InChI is InChI=1S/C20H30BN2P/c1-5-22(6-2)17-9-13-19(14-10-17)24(21)20-15-11-18(12-16-20)23(7-3)8-4/h9-16H,5-8,21H2,1-4H3. The van der Waals surface area contributed by atoms with Gasteiger partial charge in [-0.3, -0.25) is 0 Å². The predicted octanol–water partition coefficient (Wildman–Crippen LogP) is 3.36. The Morgan fingerprint density at radius 2 is 0.917 bits per heavy atom. The number of rotatable bonds is 8. The van der Waals surface area contributed by atoms with E-state index in [2.05, 4.69) is 93.6 Å². The zero-order valence-electron chi connectivity index (χ0n) is 15.8. The van der Waals surface area contributed by atoms with E-state index in [1.807, 2.05) is 0 Å². The van der Waals surface area contributed by atoms with E-state index in [-0.39, 0.29) is 7.80 Å². The van der Waals surface area contributed by atoms with Crippen molar-refractivity contribution in [3.05, 3.63) is 48.5 Å². The molecule has 2 aromatic rings. The molecule has 0 fully saturated rings. The van der Waals surface area contributed by atoms with E-state index < -0.39 is 0 Å². The average molecular weight is 340 g/mol. The van der Waals surface area contributed by atoms with Crippen LogP contribution in [-0.4, -0.2) is 33.7 Å². The molecule has 0 saturated carbocycles. The Morgan fingerprint density at radius 3 is 1.17 bits per heavy atom. The monoisotopic (exact) mass is 340 g/mol. The number of hydrogen-bond acceptors (Lipinski definition) is 2. The van der Waals surface area contributed by atoms with Crippen molar-refractivity contribution in [1.82, 2.24) is 0 Å². The van der Waals surface area contributed by atoms with Gasteiger partial charge in [-0.2, -0.15) is 0 Å². The van der Waals surface area contributed by atoms with Crippen molar-refractivity contribution < 1.29 is 0 Å². The summed E-state index contributed by atoms with van der Waals surface area (Å²) in [6.07, 6.45) is 0. The highest BCUT2D eigenvalue weighted by atomic mass is 31.1. The summed E-state index contributed by atoms with van der Waals surface area (Å²) in [6.45, 7) is 13.1. The van der Waals surface area contributed by atoms with Crippen molar-refractivity contribution in [3.63, 3.8) is 0 Å². The second kappa shape index (κ2) is 9.13. The van der Waals surface area contributed by atoms with Crippen LogP contribution in [0.5, 0.6) is 0 Å². The molecule has 24 heavy (non-hydrogen) atoms. The zero-order valence-corrected chi connectivity index (χ0v) is 16.7. The maximum Gasteiger partial charge on any atom is 0.145 e. The Balaban J connectivity index is 2.15. The first-order valence-electron chi connectivity index (χ1n) is 9.08. The quantitative estimate of drug-likeness (QED) is 0.537. The van der Waals surface area contributed by atoms with Crippen LogP contribution < -0.4 is 20.4 Å².